The molecule has 0 aromatic heterocycles. The Morgan fingerprint density at radius 1 is 1.00 bits per heavy atom. The number of ether oxygens (including phenoxy) is 2. The Kier molecular flexibility index (Phi) is 7.11. The third-order valence-corrected chi connectivity index (χ3v) is 2.58. The van der Waals surface area contributed by atoms with Gasteiger partial charge in [-0.05, 0) is 31.9 Å². The predicted molar refractivity (Wildman–Crippen MR) is 76.9 cm³/mol. The molecule has 4 heteroatoms. The van der Waals surface area contributed by atoms with E-state index in [1.165, 1.54) is 0 Å². The Morgan fingerprint density at radius 3 is 2.25 bits per heavy atom. The summed E-state index contributed by atoms with van der Waals surface area (Å²) in [6, 6.07) is 9.47. The molecule has 20 heavy (non-hydrogen) atoms. The van der Waals surface area contributed by atoms with Gasteiger partial charge in [0.2, 0.25) is 0 Å². The number of benzene rings is 1. The van der Waals surface area contributed by atoms with Gasteiger partial charge in [-0.25, -0.2) is 4.79 Å². The topological polar surface area (TPSA) is 52.6 Å². The molecule has 0 saturated heterocycles. The molecule has 0 aliphatic rings. The molecule has 0 amide bonds. The second kappa shape index (κ2) is 8.91. The van der Waals surface area contributed by atoms with Gasteiger partial charge >= 0.3 is 11.9 Å². The molecule has 0 atom stereocenters. The molecule has 0 aliphatic carbocycles. The zero-order valence-corrected chi connectivity index (χ0v) is 11.9. The number of carbonyl (C=O) groups is 2. The molecule has 0 radical (unpaired) electrons. The highest BCUT2D eigenvalue weighted by Crippen LogP contribution is 2.14. The van der Waals surface area contributed by atoms with Gasteiger partial charge in [0.1, 0.15) is 0 Å². The van der Waals surface area contributed by atoms with E-state index in [0.29, 0.717) is 25.2 Å². The standard InChI is InChI=1S/C16H20O4/c1-3-19-15(17)11-10-14(16(18)20-4-2)12-13-8-6-5-7-9-13/h5-9,12H,3-4,10-11H2,1-2H3/b14-12-. The van der Waals surface area contributed by atoms with Crippen molar-refractivity contribution >= 4 is 18.0 Å². The zero-order valence-electron chi connectivity index (χ0n) is 11.9. The summed E-state index contributed by atoms with van der Waals surface area (Å²) in [5.74, 6) is -0.698. The molecular weight excluding hydrogens is 256 g/mol. The van der Waals surface area contributed by atoms with E-state index in [2.05, 4.69) is 0 Å². The van der Waals surface area contributed by atoms with E-state index in [4.69, 9.17) is 9.47 Å². The lowest BCUT2D eigenvalue weighted by molar-refractivity contribution is -0.143. The number of hydrogen-bond acceptors (Lipinski definition) is 4. The van der Waals surface area contributed by atoms with Crippen molar-refractivity contribution in [3.63, 3.8) is 0 Å². The van der Waals surface area contributed by atoms with Crippen LogP contribution in [0.5, 0.6) is 0 Å². The average Bonchev–Trinajstić information content (AvgIpc) is 2.45. The molecule has 0 bridgehead atoms. The van der Waals surface area contributed by atoms with Crippen LogP contribution in [0.15, 0.2) is 35.9 Å². The van der Waals surface area contributed by atoms with Crippen LogP contribution in [0.3, 0.4) is 0 Å². The maximum atomic E-state index is 11.9. The largest absolute Gasteiger partial charge is 0.466 e. The molecular formula is C16H20O4. The van der Waals surface area contributed by atoms with Gasteiger partial charge in [0.15, 0.2) is 0 Å². The third-order valence-electron chi connectivity index (χ3n) is 2.58. The van der Waals surface area contributed by atoms with Crippen LogP contribution in [0.4, 0.5) is 0 Å². The van der Waals surface area contributed by atoms with Crippen molar-refractivity contribution in [2.24, 2.45) is 0 Å². The van der Waals surface area contributed by atoms with Crippen molar-refractivity contribution in [3.8, 4) is 0 Å². The lowest BCUT2D eigenvalue weighted by Crippen LogP contribution is -2.11. The maximum absolute atomic E-state index is 11.9. The van der Waals surface area contributed by atoms with E-state index >= 15 is 0 Å². The van der Waals surface area contributed by atoms with Crippen molar-refractivity contribution < 1.29 is 19.1 Å². The van der Waals surface area contributed by atoms with E-state index in [9.17, 15) is 9.59 Å². The number of esters is 2. The minimum atomic E-state index is -0.388. The van der Waals surface area contributed by atoms with E-state index in [1.807, 2.05) is 30.3 Å². The summed E-state index contributed by atoms with van der Waals surface area (Å²) in [5, 5.41) is 0. The van der Waals surface area contributed by atoms with Gasteiger partial charge in [0.25, 0.3) is 0 Å². The van der Waals surface area contributed by atoms with Crippen molar-refractivity contribution in [1.29, 1.82) is 0 Å². The van der Waals surface area contributed by atoms with Crippen molar-refractivity contribution in [1.82, 2.24) is 0 Å². The fourth-order valence-electron chi connectivity index (χ4n) is 1.68. The van der Waals surface area contributed by atoms with Crippen molar-refractivity contribution in [2.75, 3.05) is 13.2 Å². The maximum Gasteiger partial charge on any atom is 0.334 e. The monoisotopic (exact) mass is 276 g/mol. The first-order chi connectivity index (χ1) is 9.67. The van der Waals surface area contributed by atoms with Gasteiger partial charge in [-0.3, -0.25) is 4.79 Å². The average molecular weight is 276 g/mol. The second-order valence-corrected chi connectivity index (χ2v) is 4.11. The molecule has 0 unspecified atom stereocenters. The zero-order chi connectivity index (χ0) is 14.8. The van der Waals surface area contributed by atoms with Gasteiger partial charge in [0.05, 0.1) is 13.2 Å². The minimum Gasteiger partial charge on any atom is -0.466 e. The molecule has 0 heterocycles. The number of carbonyl (C=O) groups excluding carboxylic acids is 2. The van der Waals surface area contributed by atoms with Crippen molar-refractivity contribution in [2.45, 2.75) is 26.7 Å². The van der Waals surface area contributed by atoms with Crippen LogP contribution in [0.2, 0.25) is 0 Å². The molecule has 0 fully saturated rings. The Morgan fingerprint density at radius 2 is 1.65 bits per heavy atom. The second-order valence-electron chi connectivity index (χ2n) is 4.11. The summed E-state index contributed by atoms with van der Waals surface area (Å²) in [6.45, 7) is 4.16. The molecule has 1 aromatic carbocycles. The van der Waals surface area contributed by atoms with Crippen LogP contribution >= 0.6 is 0 Å². The SMILES string of the molecule is CCOC(=O)CC/C(=C/c1ccccc1)C(=O)OCC. The van der Waals surface area contributed by atoms with E-state index in [0.717, 1.165) is 5.56 Å². The highest BCUT2D eigenvalue weighted by Gasteiger charge is 2.13. The van der Waals surface area contributed by atoms with E-state index < -0.39 is 0 Å². The normalized spacial score (nSPS) is 11.0. The predicted octanol–water partition coefficient (Wildman–Crippen LogP) is 2.98. The first-order valence-electron chi connectivity index (χ1n) is 6.75. The molecule has 1 aromatic rings. The summed E-state index contributed by atoms with van der Waals surface area (Å²) in [5.41, 5.74) is 1.38. The van der Waals surface area contributed by atoms with E-state index in [-0.39, 0.29) is 18.4 Å². The lowest BCUT2D eigenvalue weighted by atomic mass is 10.1. The summed E-state index contributed by atoms with van der Waals surface area (Å²) in [7, 11) is 0. The highest BCUT2D eigenvalue weighted by atomic mass is 16.5. The van der Waals surface area contributed by atoms with Crippen LogP contribution in [0.1, 0.15) is 32.3 Å². The van der Waals surface area contributed by atoms with Crippen LogP contribution < -0.4 is 0 Å². The summed E-state index contributed by atoms with van der Waals surface area (Å²) >= 11 is 0. The lowest BCUT2D eigenvalue weighted by Gasteiger charge is -2.07. The Bertz CT molecular complexity index is 463. The third kappa shape index (κ3) is 5.69. The van der Waals surface area contributed by atoms with Crippen LogP contribution in [0, 0.1) is 0 Å². The summed E-state index contributed by atoms with van der Waals surface area (Å²) in [6.07, 6.45) is 2.23. The molecule has 108 valence electrons. The fourth-order valence-corrected chi connectivity index (χ4v) is 1.68. The number of hydrogen-bond donors (Lipinski definition) is 0. The van der Waals surface area contributed by atoms with Crippen LogP contribution in [0.25, 0.3) is 6.08 Å². The summed E-state index contributed by atoms with van der Waals surface area (Å²) < 4.78 is 9.87. The van der Waals surface area contributed by atoms with Gasteiger partial charge in [-0.1, -0.05) is 30.3 Å². The Balaban J connectivity index is 2.78. The fraction of sp³-hybridized carbons (Fsp3) is 0.375. The van der Waals surface area contributed by atoms with Crippen molar-refractivity contribution in [3.05, 3.63) is 41.5 Å². The first-order valence-corrected chi connectivity index (χ1v) is 6.75. The molecule has 1 rings (SSSR count). The molecule has 0 N–H and O–H groups in total. The minimum absolute atomic E-state index is 0.172. The van der Waals surface area contributed by atoms with E-state index in [1.54, 1.807) is 19.9 Å². The molecule has 4 nitrogen and oxygen atoms in total. The molecule has 0 aliphatic heterocycles. The first kappa shape index (κ1) is 16.0. The quantitative estimate of drug-likeness (QED) is 0.567. The van der Waals surface area contributed by atoms with Crippen LogP contribution in [-0.2, 0) is 19.1 Å². The Labute approximate surface area is 119 Å². The van der Waals surface area contributed by atoms with Crippen LogP contribution in [-0.4, -0.2) is 25.2 Å². The van der Waals surface area contributed by atoms with Gasteiger partial charge < -0.3 is 9.47 Å². The Hall–Kier alpha value is -2.10. The van der Waals surface area contributed by atoms with Gasteiger partial charge in [-0.15, -0.1) is 0 Å². The number of rotatable bonds is 7. The molecule has 0 spiro atoms. The van der Waals surface area contributed by atoms with Gasteiger partial charge in [0, 0.05) is 12.0 Å². The summed E-state index contributed by atoms with van der Waals surface area (Å²) in [4.78, 5) is 23.3. The highest BCUT2D eigenvalue weighted by molar-refractivity contribution is 5.94. The molecule has 0 saturated carbocycles. The van der Waals surface area contributed by atoms with Gasteiger partial charge in [-0.2, -0.15) is 0 Å². The smallest absolute Gasteiger partial charge is 0.334 e.